The average molecular weight is 389 g/mol. The minimum absolute atomic E-state index is 0.0354. The standard InChI is InChI=1S/C19H17ClN2O5/c1-11-9-14(11)19(24)27-17(12-5-3-2-4-6-12)18(23)21-13-7-8-15(20)16(10-13)22(25)26/h2-8,10-11,14,17H,9H2,1H3,(H,21,23)/t11-,14-,17+/m1/s1. The Morgan fingerprint density at radius 2 is 1.93 bits per heavy atom. The maximum absolute atomic E-state index is 12.7. The van der Waals surface area contributed by atoms with Gasteiger partial charge in [-0.15, -0.1) is 0 Å². The van der Waals surface area contributed by atoms with Gasteiger partial charge in [0.05, 0.1) is 10.8 Å². The minimum Gasteiger partial charge on any atom is -0.447 e. The lowest BCUT2D eigenvalue weighted by atomic mass is 10.1. The summed E-state index contributed by atoms with van der Waals surface area (Å²) in [5.41, 5.74) is 0.377. The lowest BCUT2D eigenvalue weighted by molar-refractivity contribution is -0.384. The van der Waals surface area contributed by atoms with Crippen LogP contribution in [0.5, 0.6) is 0 Å². The zero-order valence-corrected chi connectivity index (χ0v) is 15.2. The largest absolute Gasteiger partial charge is 0.447 e. The van der Waals surface area contributed by atoms with Crippen LogP contribution in [0.1, 0.15) is 25.0 Å². The van der Waals surface area contributed by atoms with E-state index in [1.54, 1.807) is 30.3 Å². The van der Waals surface area contributed by atoms with E-state index in [1.807, 2.05) is 6.92 Å². The maximum Gasteiger partial charge on any atom is 0.310 e. The van der Waals surface area contributed by atoms with Crippen LogP contribution in [0.25, 0.3) is 0 Å². The van der Waals surface area contributed by atoms with E-state index in [4.69, 9.17) is 16.3 Å². The van der Waals surface area contributed by atoms with Crippen LogP contribution in [0.4, 0.5) is 11.4 Å². The molecule has 0 bridgehead atoms. The molecular formula is C19H17ClN2O5. The van der Waals surface area contributed by atoms with E-state index in [1.165, 1.54) is 12.1 Å². The van der Waals surface area contributed by atoms with Crippen molar-refractivity contribution in [2.45, 2.75) is 19.4 Å². The highest BCUT2D eigenvalue weighted by Gasteiger charge is 2.42. The molecule has 3 rings (SSSR count). The number of hydrogen-bond donors (Lipinski definition) is 1. The number of nitro groups is 1. The highest BCUT2D eigenvalue weighted by atomic mass is 35.5. The van der Waals surface area contributed by atoms with Crippen molar-refractivity contribution in [3.63, 3.8) is 0 Å². The van der Waals surface area contributed by atoms with Gasteiger partial charge in [-0.05, 0) is 24.5 Å². The SMILES string of the molecule is C[C@@H]1C[C@H]1C(=O)O[C@H](C(=O)Nc1ccc(Cl)c([N+](=O)[O-])c1)c1ccccc1. The van der Waals surface area contributed by atoms with Crippen LogP contribution in [-0.4, -0.2) is 16.8 Å². The van der Waals surface area contributed by atoms with Gasteiger partial charge < -0.3 is 10.1 Å². The van der Waals surface area contributed by atoms with Crippen LogP contribution < -0.4 is 5.32 Å². The predicted octanol–water partition coefficient (Wildman–Crippen LogP) is 4.13. The quantitative estimate of drug-likeness (QED) is 0.455. The maximum atomic E-state index is 12.7. The van der Waals surface area contributed by atoms with Gasteiger partial charge >= 0.3 is 5.97 Å². The summed E-state index contributed by atoms with van der Waals surface area (Å²) < 4.78 is 5.46. The predicted molar refractivity (Wildman–Crippen MR) is 99.3 cm³/mol. The normalized spacial score (nSPS) is 19.0. The highest BCUT2D eigenvalue weighted by molar-refractivity contribution is 6.32. The molecule has 1 fully saturated rings. The number of ether oxygens (including phenoxy) is 1. The summed E-state index contributed by atoms with van der Waals surface area (Å²) >= 11 is 5.79. The molecule has 0 spiro atoms. The van der Waals surface area contributed by atoms with Crippen molar-refractivity contribution < 1.29 is 19.2 Å². The van der Waals surface area contributed by atoms with E-state index in [0.29, 0.717) is 5.56 Å². The van der Waals surface area contributed by atoms with Crippen molar-refractivity contribution in [1.29, 1.82) is 0 Å². The van der Waals surface area contributed by atoms with Gasteiger partial charge in [0, 0.05) is 17.3 Å². The molecule has 0 heterocycles. The molecule has 27 heavy (non-hydrogen) atoms. The lowest BCUT2D eigenvalue weighted by Crippen LogP contribution is -2.26. The van der Waals surface area contributed by atoms with E-state index >= 15 is 0 Å². The molecule has 1 amide bonds. The number of hydrogen-bond acceptors (Lipinski definition) is 5. The van der Waals surface area contributed by atoms with Gasteiger partial charge in [-0.2, -0.15) is 0 Å². The molecule has 0 saturated heterocycles. The Morgan fingerprint density at radius 3 is 2.52 bits per heavy atom. The van der Waals surface area contributed by atoms with Crippen LogP contribution in [-0.2, 0) is 14.3 Å². The zero-order chi connectivity index (χ0) is 19.6. The molecule has 1 aliphatic carbocycles. The third-order valence-electron chi connectivity index (χ3n) is 4.40. The number of rotatable bonds is 6. The highest BCUT2D eigenvalue weighted by Crippen LogP contribution is 2.40. The number of amides is 1. The second-order valence-electron chi connectivity index (χ2n) is 6.46. The Kier molecular flexibility index (Phi) is 5.41. The number of carbonyl (C=O) groups excluding carboxylic acids is 2. The second kappa shape index (κ2) is 7.75. The summed E-state index contributed by atoms with van der Waals surface area (Å²) in [4.78, 5) is 35.4. The van der Waals surface area contributed by atoms with E-state index in [-0.39, 0.29) is 28.2 Å². The topological polar surface area (TPSA) is 98.5 Å². The summed E-state index contributed by atoms with van der Waals surface area (Å²) in [6.07, 6.45) is -0.410. The van der Waals surface area contributed by atoms with Crippen LogP contribution in [0.2, 0.25) is 5.02 Å². The van der Waals surface area contributed by atoms with Crippen LogP contribution in [0.15, 0.2) is 48.5 Å². The Balaban J connectivity index is 1.81. The van der Waals surface area contributed by atoms with Gasteiger partial charge in [0.2, 0.25) is 6.10 Å². The summed E-state index contributed by atoms with van der Waals surface area (Å²) in [5.74, 6) is -0.968. The summed E-state index contributed by atoms with van der Waals surface area (Å²) in [6.45, 7) is 1.94. The number of halogens is 1. The van der Waals surface area contributed by atoms with Crippen LogP contribution in [0, 0.1) is 22.0 Å². The number of carbonyl (C=O) groups is 2. The number of nitrogens with one attached hydrogen (secondary N) is 1. The third-order valence-corrected chi connectivity index (χ3v) is 4.72. The van der Waals surface area contributed by atoms with Crippen molar-refractivity contribution in [2.24, 2.45) is 11.8 Å². The second-order valence-corrected chi connectivity index (χ2v) is 6.87. The molecule has 1 N–H and O–H groups in total. The van der Waals surface area contributed by atoms with Crippen LogP contribution >= 0.6 is 11.6 Å². The molecule has 8 heteroatoms. The van der Waals surface area contributed by atoms with Gasteiger partial charge in [-0.25, -0.2) is 0 Å². The number of anilines is 1. The van der Waals surface area contributed by atoms with Crippen molar-refractivity contribution in [1.82, 2.24) is 0 Å². The van der Waals surface area contributed by atoms with Crippen molar-refractivity contribution >= 4 is 34.9 Å². The molecule has 0 aliphatic heterocycles. The van der Waals surface area contributed by atoms with Crippen molar-refractivity contribution in [3.05, 3.63) is 69.2 Å². The van der Waals surface area contributed by atoms with Crippen molar-refractivity contribution in [2.75, 3.05) is 5.32 Å². The van der Waals surface area contributed by atoms with Crippen molar-refractivity contribution in [3.8, 4) is 0 Å². The van der Waals surface area contributed by atoms with E-state index in [2.05, 4.69) is 5.32 Å². The molecule has 1 aliphatic rings. The molecule has 1 saturated carbocycles. The van der Waals surface area contributed by atoms with Gasteiger partial charge in [-0.3, -0.25) is 19.7 Å². The molecule has 7 nitrogen and oxygen atoms in total. The molecule has 0 unspecified atom stereocenters. The third kappa shape index (κ3) is 4.43. The lowest BCUT2D eigenvalue weighted by Gasteiger charge is -2.18. The smallest absolute Gasteiger partial charge is 0.310 e. The summed E-state index contributed by atoms with van der Waals surface area (Å²) in [6, 6.07) is 12.5. The molecular weight excluding hydrogens is 372 g/mol. The Hall–Kier alpha value is -2.93. The molecule has 2 aromatic carbocycles. The fraction of sp³-hybridized carbons (Fsp3) is 0.263. The fourth-order valence-electron chi connectivity index (χ4n) is 2.69. The Morgan fingerprint density at radius 1 is 1.26 bits per heavy atom. The van der Waals surface area contributed by atoms with E-state index < -0.39 is 22.9 Å². The van der Waals surface area contributed by atoms with Gasteiger partial charge in [-0.1, -0.05) is 48.9 Å². The Bertz CT molecular complexity index is 887. The first-order valence-electron chi connectivity index (χ1n) is 8.37. The molecule has 0 aromatic heterocycles. The first-order valence-corrected chi connectivity index (χ1v) is 8.75. The van der Waals surface area contributed by atoms with Gasteiger partial charge in [0.1, 0.15) is 5.02 Å². The summed E-state index contributed by atoms with van der Waals surface area (Å²) in [7, 11) is 0. The van der Waals surface area contributed by atoms with E-state index in [0.717, 1.165) is 12.5 Å². The van der Waals surface area contributed by atoms with E-state index in [9.17, 15) is 19.7 Å². The number of nitrogens with zero attached hydrogens (tertiary/aromatic N) is 1. The Labute approximate surface area is 160 Å². The van der Waals surface area contributed by atoms with Gasteiger partial charge in [0.25, 0.3) is 11.6 Å². The van der Waals surface area contributed by atoms with Crippen LogP contribution in [0.3, 0.4) is 0 Å². The molecule has 0 radical (unpaired) electrons. The first-order chi connectivity index (χ1) is 12.9. The fourth-order valence-corrected chi connectivity index (χ4v) is 2.88. The number of esters is 1. The average Bonchev–Trinajstić information content (AvgIpc) is 3.38. The monoisotopic (exact) mass is 388 g/mol. The number of benzene rings is 2. The molecule has 2 aromatic rings. The minimum atomic E-state index is -1.15. The first kappa shape index (κ1) is 18.8. The van der Waals surface area contributed by atoms with Gasteiger partial charge in [0.15, 0.2) is 0 Å². The molecule has 3 atom stereocenters. The molecule has 140 valence electrons. The zero-order valence-electron chi connectivity index (χ0n) is 14.4. The number of nitro benzene ring substituents is 1. The summed E-state index contributed by atoms with van der Waals surface area (Å²) in [5, 5.41) is 13.5.